The van der Waals surface area contributed by atoms with Crippen molar-refractivity contribution in [1.82, 2.24) is 9.55 Å². The first kappa shape index (κ1) is 20.5. The smallest absolute Gasteiger partial charge is 0.422 e. The maximum atomic E-state index is 12.5. The molecule has 29 heavy (non-hydrogen) atoms. The summed E-state index contributed by atoms with van der Waals surface area (Å²) in [5.41, 5.74) is 1.18. The summed E-state index contributed by atoms with van der Waals surface area (Å²) in [5.74, 6) is -0.736. The highest BCUT2D eigenvalue weighted by Crippen LogP contribution is 2.30. The standard InChI is InChI=1S/C19H15ClF3N3O3/c1-11-9-24-18(28)26(11)14-5-2-12(3-6-14)17(27)25-15-8-13(20)4-7-16(15)29-10-19(21,22)23/h2-9H,10H2,1H3,(H,24,28)(H,25,27). The molecular formula is C19H15ClF3N3O3. The molecule has 1 heterocycles. The lowest BCUT2D eigenvalue weighted by Gasteiger charge is -2.14. The van der Waals surface area contributed by atoms with Gasteiger partial charge in [0.1, 0.15) is 5.75 Å². The van der Waals surface area contributed by atoms with E-state index >= 15 is 0 Å². The summed E-state index contributed by atoms with van der Waals surface area (Å²) in [6, 6.07) is 10.0. The second-order valence-corrected chi connectivity index (χ2v) is 6.55. The van der Waals surface area contributed by atoms with Gasteiger partial charge in [0.2, 0.25) is 0 Å². The van der Waals surface area contributed by atoms with E-state index in [0.29, 0.717) is 11.4 Å². The monoisotopic (exact) mass is 425 g/mol. The van der Waals surface area contributed by atoms with E-state index in [4.69, 9.17) is 16.3 Å². The van der Waals surface area contributed by atoms with E-state index in [0.717, 1.165) is 0 Å². The van der Waals surface area contributed by atoms with Gasteiger partial charge in [0.05, 0.1) is 11.4 Å². The number of aromatic nitrogens is 2. The molecule has 2 N–H and O–H groups in total. The van der Waals surface area contributed by atoms with Gasteiger partial charge in [0.15, 0.2) is 6.61 Å². The molecule has 0 atom stereocenters. The first-order valence-corrected chi connectivity index (χ1v) is 8.70. The maximum Gasteiger partial charge on any atom is 0.422 e. The Bertz CT molecular complexity index is 1090. The van der Waals surface area contributed by atoms with Crippen molar-refractivity contribution in [2.45, 2.75) is 13.1 Å². The van der Waals surface area contributed by atoms with E-state index in [1.54, 1.807) is 25.3 Å². The molecule has 0 unspecified atom stereocenters. The number of rotatable bonds is 5. The van der Waals surface area contributed by atoms with Crippen LogP contribution in [0.15, 0.2) is 53.5 Å². The van der Waals surface area contributed by atoms with Gasteiger partial charge in [0.25, 0.3) is 5.91 Å². The molecule has 0 spiro atoms. The molecule has 0 saturated heterocycles. The fourth-order valence-electron chi connectivity index (χ4n) is 2.62. The van der Waals surface area contributed by atoms with E-state index in [9.17, 15) is 22.8 Å². The van der Waals surface area contributed by atoms with Crippen LogP contribution in [0.5, 0.6) is 5.75 Å². The second kappa shape index (κ2) is 8.04. The van der Waals surface area contributed by atoms with Gasteiger partial charge in [-0.3, -0.25) is 9.36 Å². The fraction of sp³-hybridized carbons (Fsp3) is 0.158. The van der Waals surface area contributed by atoms with E-state index in [1.807, 2.05) is 0 Å². The van der Waals surface area contributed by atoms with Crippen LogP contribution in [0.1, 0.15) is 16.1 Å². The Morgan fingerprint density at radius 3 is 2.48 bits per heavy atom. The first-order valence-electron chi connectivity index (χ1n) is 8.32. The van der Waals surface area contributed by atoms with Crippen molar-refractivity contribution in [3.63, 3.8) is 0 Å². The summed E-state index contributed by atoms with van der Waals surface area (Å²) >= 11 is 5.88. The summed E-state index contributed by atoms with van der Waals surface area (Å²) in [6.07, 6.45) is -2.96. The number of nitrogens with one attached hydrogen (secondary N) is 2. The highest BCUT2D eigenvalue weighted by molar-refractivity contribution is 6.31. The number of ether oxygens (including phenoxy) is 1. The number of aryl methyl sites for hydroxylation is 1. The molecule has 1 aromatic heterocycles. The van der Waals surface area contributed by atoms with Crippen molar-refractivity contribution in [2.75, 3.05) is 11.9 Å². The van der Waals surface area contributed by atoms with Crippen LogP contribution in [0.4, 0.5) is 18.9 Å². The molecule has 0 aliphatic rings. The second-order valence-electron chi connectivity index (χ2n) is 6.12. The molecule has 6 nitrogen and oxygen atoms in total. The highest BCUT2D eigenvalue weighted by Gasteiger charge is 2.29. The highest BCUT2D eigenvalue weighted by atomic mass is 35.5. The Hall–Kier alpha value is -3.20. The molecule has 3 aromatic rings. The van der Waals surface area contributed by atoms with Crippen LogP contribution in [0.3, 0.4) is 0 Å². The first-order chi connectivity index (χ1) is 13.6. The predicted octanol–water partition coefficient (Wildman–Crippen LogP) is 4.32. The zero-order valence-corrected chi connectivity index (χ0v) is 15.8. The van der Waals surface area contributed by atoms with Crippen molar-refractivity contribution in [3.8, 4) is 11.4 Å². The molecule has 152 valence electrons. The number of nitrogens with zero attached hydrogens (tertiary/aromatic N) is 1. The molecule has 1 amide bonds. The van der Waals surface area contributed by atoms with Crippen molar-refractivity contribution in [1.29, 1.82) is 0 Å². The van der Waals surface area contributed by atoms with E-state index < -0.39 is 18.7 Å². The average Bonchev–Trinajstić information content (AvgIpc) is 2.99. The van der Waals surface area contributed by atoms with Gasteiger partial charge in [-0.15, -0.1) is 0 Å². The quantitative estimate of drug-likeness (QED) is 0.639. The number of carbonyl (C=O) groups excluding carboxylic acids is 1. The lowest BCUT2D eigenvalue weighted by Crippen LogP contribution is -2.20. The van der Waals surface area contributed by atoms with Crippen LogP contribution in [-0.2, 0) is 0 Å². The van der Waals surface area contributed by atoms with Crippen molar-refractivity contribution in [3.05, 3.63) is 75.4 Å². The van der Waals surface area contributed by atoms with Crippen LogP contribution in [0.2, 0.25) is 5.02 Å². The number of hydrogen-bond acceptors (Lipinski definition) is 3. The number of H-pyrrole nitrogens is 1. The summed E-state index contributed by atoms with van der Waals surface area (Å²) < 4.78 is 43.5. The average molecular weight is 426 g/mol. The maximum absolute atomic E-state index is 12.5. The fourth-order valence-corrected chi connectivity index (χ4v) is 2.79. The zero-order chi connectivity index (χ0) is 21.2. The molecule has 0 bridgehead atoms. The van der Waals surface area contributed by atoms with Crippen LogP contribution < -0.4 is 15.7 Å². The summed E-state index contributed by atoms with van der Waals surface area (Å²) in [4.78, 5) is 26.9. The third kappa shape index (κ3) is 5.00. The number of aromatic amines is 1. The SMILES string of the molecule is Cc1c[nH]c(=O)n1-c1ccc(C(=O)Nc2cc(Cl)ccc2OCC(F)(F)F)cc1. The minimum absolute atomic E-state index is 0.00789. The number of halogens is 4. The minimum atomic E-state index is -4.52. The molecule has 10 heteroatoms. The van der Waals surface area contributed by atoms with Gasteiger partial charge in [-0.25, -0.2) is 4.79 Å². The Balaban J connectivity index is 1.80. The van der Waals surface area contributed by atoms with Crippen molar-refractivity contribution in [2.24, 2.45) is 0 Å². The Labute approximate surface area is 167 Å². The Kier molecular flexibility index (Phi) is 5.69. The van der Waals surface area contributed by atoms with Gasteiger partial charge < -0.3 is 15.0 Å². The number of imidazole rings is 1. The molecule has 0 saturated carbocycles. The van der Waals surface area contributed by atoms with Crippen molar-refractivity contribution < 1.29 is 22.7 Å². The van der Waals surface area contributed by atoms with Gasteiger partial charge >= 0.3 is 11.9 Å². The van der Waals surface area contributed by atoms with Gasteiger partial charge in [-0.1, -0.05) is 11.6 Å². The predicted molar refractivity (Wildman–Crippen MR) is 102 cm³/mol. The van der Waals surface area contributed by atoms with Gasteiger partial charge in [-0.05, 0) is 49.4 Å². The van der Waals surface area contributed by atoms with Crippen LogP contribution in [-0.4, -0.2) is 28.2 Å². The minimum Gasteiger partial charge on any atom is -0.482 e. The van der Waals surface area contributed by atoms with E-state index in [2.05, 4.69) is 10.3 Å². The largest absolute Gasteiger partial charge is 0.482 e. The number of carbonyl (C=O) groups is 1. The molecule has 0 fully saturated rings. The summed E-state index contributed by atoms with van der Waals surface area (Å²) in [5, 5.41) is 2.71. The topological polar surface area (TPSA) is 76.1 Å². The third-order valence-electron chi connectivity index (χ3n) is 3.93. The number of alkyl halides is 3. The molecule has 0 radical (unpaired) electrons. The van der Waals surface area contributed by atoms with Crippen LogP contribution in [0, 0.1) is 6.92 Å². The van der Waals surface area contributed by atoms with Crippen molar-refractivity contribution >= 4 is 23.2 Å². The summed E-state index contributed by atoms with van der Waals surface area (Å²) in [7, 11) is 0. The third-order valence-corrected chi connectivity index (χ3v) is 4.16. The molecule has 0 aliphatic carbocycles. The molecular weight excluding hydrogens is 411 g/mol. The Morgan fingerprint density at radius 2 is 1.90 bits per heavy atom. The van der Waals surface area contributed by atoms with Gasteiger partial charge in [-0.2, -0.15) is 13.2 Å². The lowest BCUT2D eigenvalue weighted by atomic mass is 10.2. The van der Waals surface area contributed by atoms with Crippen LogP contribution >= 0.6 is 11.6 Å². The van der Waals surface area contributed by atoms with Crippen LogP contribution in [0.25, 0.3) is 5.69 Å². The normalized spacial score (nSPS) is 11.3. The molecule has 0 aliphatic heterocycles. The van der Waals surface area contributed by atoms with Gasteiger partial charge in [0, 0.05) is 22.5 Å². The van der Waals surface area contributed by atoms with E-state index in [-0.39, 0.29) is 27.7 Å². The number of benzene rings is 2. The number of hydrogen-bond donors (Lipinski definition) is 2. The molecule has 3 rings (SSSR count). The summed E-state index contributed by atoms with van der Waals surface area (Å²) in [6.45, 7) is 0.247. The van der Waals surface area contributed by atoms with E-state index in [1.165, 1.54) is 34.9 Å². The number of anilines is 1. The lowest BCUT2D eigenvalue weighted by molar-refractivity contribution is -0.153. The number of amides is 1. The molecule has 2 aromatic carbocycles. The Morgan fingerprint density at radius 1 is 1.21 bits per heavy atom. The zero-order valence-electron chi connectivity index (χ0n) is 15.0.